The number of carbonyl (C=O) groups excluding carboxylic acids is 1. The molecule has 182 valence electrons. The van der Waals surface area contributed by atoms with E-state index in [0.29, 0.717) is 13.1 Å². The number of hydrogen-bond donors (Lipinski definition) is 0. The largest absolute Gasteiger partial charge is 0.484 e. The summed E-state index contributed by atoms with van der Waals surface area (Å²) in [7, 11) is 2.17. The van der Waals surface area contributed by atoms with E-state index in [2.05, 4.69) is 28.7 Å². The molecule has 3 aliphatic rings. The van der Waals surface area contributed by atoms with E-state index < -0.39 is 0 Å². The molecule has 1 amide bonds. The zero-order valence-electron chi connectivity index (χ0n) is 20.4. The Kier molecular flexibility index (Phi) is 6.85. The van der Waals surface area contributed by atoms with E-state index in [1.54, 1.807) is 0 Å². The summed E-state index contributed by atoms with van der Waals surface area (Å²) in [5.41, 5.74) is 2.22. The molecule has 4 heterocycles. The second-order valence-corrected chi connectivity index (χ2v) is 9.90. The number of amides is 1. The number of anilines is 2. The Bertz CT molecular complexity index is 984. The Labute approximate surface area is 202 Å². The van der Waals surface area contributed by atoms with E-state index in [-0.39, 0.29) is 12.5 Å². The molecule has 0 N–H and O–H groups in total. The summed E-state index contributed by atoms with van der Waals surface area (Å²) >= 11 is 0. The van der Waals surface area contributed by atoms with Crippen LogP contribution in [0.25, 0.3) is 0 Å². The molecule has 2 fully saturated rings. The molecule has 34 heavy (non-hydrogen) atoms. The van der Waals surface area contributed by atoms with Gasteiger partial charge in [0.1, 0.15) is 11.6 Å². The van der Waals surface area contributed by atoms with Gasteiger partial charge in [-0.2, -0.15) is 4.98 Å². The minimum absolute atomic E-state index is 0.0101. The van der Waals surface area contributed by atoms with E-state index in [1.807, 2.05) is 35.2 Å². The first-order valence-corrected chi connectivity index (χ1v) is 12.6. The molecule has 1 aromatic heterocycles. The number of aromatic nitrogens is 2. The molecule has 0 atom stereocenters. The maximum absolute atomic E-state index is 13.0. The quantitative estimate of drug-likeness (QED) is 0.673. The second kappa shape index (κ2) is 10.2. The van der Waals surface area contributed by atoms with Crippen molar-refractivity contribution < 1.29 is 9.53 Å². The number of piperazine rings is 1. The van der Waals surface area contributed by atoms with Crippen molar-refractivity contribution in [1.29, 1.82) is 0 Å². The Hall–Kier alpha value is -2.87. The minimum Gasteiger partial charge on any atom is -0.484 e. The minimum atomic E-state index is 0.0101. The summed E-state index contributed by atoms with van der Waals surface area (Å²) in [4.78, 5) is 32.1. The van der Waals surface area contributed by atoms with Crippen molar-refractivity contribution in [2.45, 2.75) is 32.7 Å². The van der Waals surface area contributed by atoms with Crippen LogP contribution in [0.3, 0.4) is 0 Å². The number of benzene rings is 1. The zero-order chi connectivity index (χ0) is 23.5. The number of nitrogens with zero attached hydrogens (tertiary/aromatic N) is 6. The Morgan fingerprint density at radius 2 is 1.71 bits per heavy atom. The molecule has 2 saturated heterocycles. The lowest BCUT2D eigenvalue weighted by Gasteiger charge is -2.38. The van der Waals surface area contributed by atoms with Gasteiger partial charge in [-0.05, 0) is 37.9 Å². The van der Waals surface area contributed by atoms with Crippen LogP contribution in [0.2, 0.25) is 0 Å². The summed E-state index contributed by atoms with van der Waals surface area (Å²) in [6.07, 6.45) is 3.11. The summed E-state index contributed by atoms with van der Waals surface area (Å²) < 4.78 is 5.73. The molecule has 0 unspecified atom stereocenters. The zero-order valence-corrected chi connectivity index (χ0v) is 20.4. The van der Waals surface area contributed by atoms with Gasteiger partial charge in [0.15, 0.2) is 6.61 Å². The molecule has 8 heteroatoms. The third kappa shape index (κ3) is 5.12. The van der Waals surface area contributed by atoms with Crippen molar-refractivity contribution in [3.8, 4) is 5.75 Å². The highest BCUT2D eigenvalue weighted by Crippen LogP contribution is 2.32. The average Bonchev–Trinajstić information content (AvgIpc) is 2.88. The molecular formula is C26H36N6O2. The molecule has 2 aromatic rings. The highest BCUT2D eigenvalue weighted by Gasteiger charge is 2.30. The van der Waals surface area contributed by atoms with Gasteiger partial charge < -0.3 is 24.3 Å². The molecule has 8 nitrogen and oxygen atoms in total. The molecular weight excluding hydrogens is 428 g/mol. The van der Waals surface area contributed by atoms with Crippen molar-refractivity contribution in [3.05, 3.63) is 41.6 Å². The fraction of sp³-hybridized carbons (Fsp3) is 0.577. The van der Waals surface area contributed by atoms with Gasteiger partial charge in [-0.25, -0.2) is 4.98 Å². The van der Waals surface area contributed by atoms with Crippen LogP contribution in [0.1, 0.15) is 31.0 Å². The lowest BCUT2D eigenvalue weighted by molar-refractivity contribution is -0.134. The molecule has 3 aliphatic heterocycles. The standard InChI is InChI=1S/C26H36N6O2/c1-20-8-11-30(12-9-20)25-22-18-32(24(33)19-34-21-6-4-3-5-7-21)13-10-23(22)27-26(28-25)31-16-14-29(2)15-17-31/h3-7,20H,8-19H2,1-2H3. The first-order chi connectivity index (χ1) is 16.6. The Morgan fingerprint density at radius 1 is 0.971 bits per heavy atom. The molecule has 5 rings (SSSR count). The predicted molar refractivity (Wildman–Crippen MR) is 133 cm³/mol. The topological polar surface area (TPSA) is 65.0 Å². The number of piperidine rings is 1. The molecule has 0 radical (unpaired) electrons. The fourth-order valence-electron chi connectivity index (χ4n) is 4.98. The summed E-state index contributed by atoms with van der Waals surface area (Å²) in [5, 5.41) is 0. The van der Waals surface area contributed by atoms with Crippen LogP contribution >= 0.6 is 0 Å². The van der Waals surface area contributed by atoms with Gasteiger partial charge in [0.25, 0.3) is 5.91 Å². The maximum Gasteiger partial charge on any atom is 0.260 e. The Morgan fingerprint density at radius 3 is 2.44 bits per heavy atom. The van der Waals surface area contributed by atoms with Gasteiger partial charge in [0.05, 0.1) is 12.2 Å². The van der Waals surface area contributed by atoms with E-state index in [4.69, 9.17) is 14.7 Å². The summed E-state index contributed by atoms with van der Waals surface area (Å²) in [5.74, 6) is 3.37. The summed E-state index contributed by atoms with van der Waals surface area (Å²) in [6.45, 7) is 9.58. The predicted octanol–water partition coefficient (Wildman–Crippen LogP) is 2.43. The van der Waals surface area contributed by atoms with Gasteiger partial charge in [-0.3, -0.25) is 4.79 Å². The van der Waals surface area contributed by atoms with E-state index in [0.717, 1.165) is 80.4 Å². The van der Waals surface area contributed by atoms with Gasteiger partial charge in [0.2, 0.25) is 5.95 Å². The third-order valence-electron chi connectivity index (χ3n) is 7.35. The number of ether oxygens (including phenoxy) is 1. The first kappa shape index (κ1) is 22.9. The second-order valence-electron chi connectivity index (χ2n) is 9.90. The van der Waals surface area contributed by atoms with Crippen molar-refractivity contribution in [3.63, 3.8) is 0 Å². The van der Waals surface area contributed by atoms with Crippen LogP contribution in [0.4, 0.5) is 11.8 Å². The molecule has 0 bridgehead atoms. The van der Waals surface area contributed by atoms with Gasteiger partial charge >= 0.3 is 0 Å². The van der Waals surface area contributed by atoms with Crippen LogP contribution in [0, 0.1) is 5.92 Å². The number of carbonyl (C=O) groups is 1. The number of rotatable bonds is 5. The monoisotopic (exact) mass is 464 g/mol. The molecule has 0 spiro atoms. The van der Waals surface area contributed by atoms with Crippen molar-refractivity contribution in [2.24, 2.45) is 5.92 Å². The van der Waals surface area contributed by atoms with E-state index in [1.165, 1.54) is 12.8 Å². The smallest absolute Gasteiger partial charge is 0.260 e. The summed E-state index contributed by atoms with van der Waals surface area (Å²) in [6, 6.07) is 9.52. The number of fused-ring (bicyclic) bond motifs is 1. The number of para-hydroxylation sites is 1. The maximum atomic E-state index is 13.0. The lowest BCUT2D eigenvalue weighted by Crippen LogP contribution is -2.46. The van der Waals surface area contributed by atoms with Crippen LogP contribution < -0.4 is 14.5 Å². The van der Waals surface area contributed by atoms with Crippen LogP contribution in [-0.2, 0) is 17.8 Å². The highest BCUT2D eigenvalue weighted by molar-refractivity contribution is 5.78. The van der Waals surface area contributed by atoms with E-state index >= 15 is 0 Å². The molecule has 0 saturated carbocycles. The first-order valence-electron chi connectivity index (χ1n) is 12.6. The Balaban J connectivity index is 1.36. The molecule has 0 aliphatic carbocycles. The van der Waals surface area contributed by atoms with Crippen molar-refractivity contribution in [2.75, 3.05) is 69.3 Å². The van der Waals surface area contributed by atoms with Crippen LogP contribution in [0.15, 0.2) is 30.3 Å². The average molecular weight is 465 g/mol. The van der Waals surface area contributed by atoms with Gasteiger partial charge in [-0.1, -0.05) is 25.1 Å². The highest BCUT2D eigenvalue weighted by atomic mass is 16.5. The lowest BCUT2D eigenvalue weighted by atomic mass is 9.98. The van der Waals surface area contributed by atoms with Crippen molar-refractivity contribution in [1.82, 2.24) is 19.8 Å². The van der Waals surface area contributed by atoms with Gasteiger partial charge in [-0.15, -0.1) is 0 Å². The van der Waals surface area contributed by atoms with Gasteiger partial charge in [0, 0.05) is 57.8 Å². The third-order valence-corrected chi connectivity index (χ3v) is 7.35. The SMILES string of the molecule is CC1CCN(c2nc(N3CCN(C)CC3)nc3c2CN(C(=O)COc2ccccc2)CC3)CC1. The van der Waals surface area contributed by atoms with Crippen LogP contribution in [-0.4, -0.2) is 85.1 Å². The van der Waals surface area contributed by atoms with Crippen molar-refractivity contribution >= 4 is 17.7 Å². The van der Waals surface area contributed by atoms with E-state index in [9.17, 15) is 4.79 Å². The fourth-order valence-corrected chi connectivity index (χ4v) is 4.98. The number of hydrogen-bond acceptors (Lipinski definition) is 7. The molecule has 1 aromatic carbocycles. The van der Waals surface area contributed by atoms with Crippen LogP contribution in [0.5, 0.6) is 5.75 Å². The number of likely N-dealkylation sites (N-methyl/N-ethyl adjacent to an activating group) is 1. The normalized spacial score (nSPS) is 19.8.